The monoisotopic (exact) mass is 404 g/mol. The highest BCUT2D eigenvalue weighted by atomic mass is 32.1. The van der Waals surface area contributed by atoms with Crippen molar-refractivity contribution in [1.29, 1.82) is 5.26 Å². The maximum absolute atomic E-state index is 11.1. The Hall–Kier alpha value is -3.24. The SMILES string of the molecule is Cc1cc(C=Nc2sc3c(c2C#N)CCCC3)c(C)n1-c1cccc([N+](=O)[O-])c1. The van der Waals surface area contributed by atoms with E-state index in [1.807, 2.05) is 30.5 Å². The van der Waals surface area contributed by atoms with Crippen molar-refractivity contribution in [3.8, 4) is 11.8 Å². The van der Waals surface area contributed by atoms with E-state index in [0.717, 1.165) is 46.9 Å². The van der Waals surface area contributed by atoms with Crippen molar-refractivity contribution in [2.75, 3.05) is 0 Å². The van der Waals surface area contributed by atoms with Crippen LogP contribution < -0.4 is 0 Å². The first kappa shape index (κ1) is 19.1. The van der Waals surface area contributed by atoms with Gasteiger partial charge in [-0.2, -0.15) is 5.26 Å². The Morgan fingerprint density at radius 1 is 1.28 bits per heavy atom. The van der Waals surface area contributed by atoms with Gasteiger partial charge in [0.1, 0.15) is 11.1 Å². The number of nitro groups is 1. The van der Waals surface area contributed by atoms with Gasteiger partial charge < -0.3 is 4.57 Å². The lowest BCUT2D eigenvalue weighted by molar-refractivity contribution is -0.384. The van der Waals surface area contributed by atoms with E-state index in [-0.39, 0.29) is 10.6 Å². The van der Waals surface area contributed by atoms with Gasteiger partial charge in [0.2, 0.25) is 0 Å². The van der Waals surface area contributed by atoms with E-state index in [9.17, 15) is 15.4 Å². The molecule has 0 amide bonds. The van der Waals surface area contributed by atoms with E-state index in [1.165, 1.54) is 22.9 Å². The molecule has 29 heavy (non-hydrogen) atoms. The first-order chi connectivity index (χ1) is 14.0. The molecule has 0 aliphatic heterocycles. The topological polar surface area (TPSA) is 84.2 Å². The number of aliphatic imine (C=N–C) groups is 1. The predicted octanol–water partition coefficient (Wildman–Crippen LogP) is 5.56. The first-order valence-corrected chi connectivity index (χ1v) is 10.3. The van der Waals surface area contributed by atoms with Crippen molar-refractivity contribution in [3.63, 3.8) is 0 Å². The summed E-state index contributed by atoms with van der Waals surface area (Å²) < 4.78 is 1.99. The summed E-state index contributed by atoms with van der Waals surface area (Å²) in [7, 11) is 0. The molecule has 0 bridgehead atoms. The van der Waals surface area contributed by atoms with Crippen molar-refractivity contribution >= 4 is 28.2 Å². The van der Waals surface area contributed by atoms with Gasteiger partial charge in [-0.25, -0.2) is 4.99 Å². The molecule has 0 saturated heterocycles. The Morgan fingerprint density at radius 3 is 2.83 bits per heavy atom. The molecular weight excluding hydrogens is 384 g/mol. The fraction of sp³-hybridized carbons (Fsp3) is 0.273. The van der Waals surface area contributed by atoms with Crippen LogP contribution in [0.5, 0.6) is 0 Å². The zero-order chi connectivity index (χ0) is 20.5. The molecule has 0 unspecified atom stereocenters. The molecule has 146 valence electrons. The van der Waals surface area contributed by atoms with E-state index in [0.29, 0.717) is 5.56 Å². The number of nitriles is 1. The van der Waals surface area contributed by atoms with Crippen molar-refractivity contribution in [2.24, 2.45) is 4.99 Å². The minimum atomic E-state index is -0.387. The molecule has 0 atom stereocenters. The minimum Gasteiger partial charge on any atom is -0.318 e. The number of hydrogen-bond donors (Lipinski definition) is 0. The molecule has 1 aliphatic carbocycles. The Morgan fingerprint density at radius 2 is 2.07 bits per heavy atom. The highest BCUT2D eigenvalue weighted by Gasteiger charge is 2.20. The minimum absolute atomic E-state index is 0.0630. The number of aromatic nitrogens is 1. The molecule has 6 nitrogen and oxygen atoms in total. The summed E-state index contributed by atoms with van der Waals surface area (Å²) in [5, 5.41) is 21.5. The lowest BCUT2D eigenvalue weighted by atomic mass is 9.96. The molecule has 0 spiro atoms. The molecule has 0 fully saturated rings. The van der Waals surface area contributed by atoms with Gasteiger partial charge in [-0.05, 0) is 57.2 Å². The Bertz CT molecular complexity index is 1180. The summed E-state index contributed by atoms with van der Waals surface area (Å²) in [6.45, 7) is 3.94. The largest absolute Gasteiger partial charge is 0.318 e. The van der Waals surface area contributed by atoms with Crippen LogP contribution in [0, 0.1) is 35.3 Å². The molecule has 3 aromatic rings. The molecule has 4 rings (SSSR count). The van der Waals surface area contributed by atoms with Crippen molar-refractivity contribution in [2.45, 2.75) is 39.5 Å². The molecule has 0 radical (unpaired) electrons. The predicted molar refractivity (Wildman–Crippen MR) is 115 cm³/mol. The summed E-state index contributed by atoms with van der Waals surface area (Å²) in [6.07, 6.45) is 6.10. The standard InChI is InChI=1S/C22H20N4O2S/c1-14-10-16(15(2)25(14)17-6-5-7-18(11-17)26(27)28)13-24-22-20(12-23)19-8-3-4-9-21(19)29-22/h5-7,10-11,13H,3-4,8-9H2,1-2H3. The number of hydrogen-bond acceptors (Lipinski definition) is 5. The molecule has 0 N–H and O–H groups in total. The number of rotatable bonds is 4. The van der Waals surface area contributed by atoms with Crippen molar-refractivity contribution in [3.05, 3.63) is 73.4 Å². The van der Waals surface area contributed by atoms with Crippen molar-refractivity contribution < 1.29 is 4.92 Å². The van der Waals surface area contributed by atoms with E-state index in [2.05, 4.69) is 11.1 Å². The van der Waals surface area contributed by atoms with E-state index in [1.54, 1.807) is 29.7 Å². The highest BCUT2D eigenvalue weighted by molar-refractivity contribution is 7.16. The number of aryl methyl sites for hydroxylation is 2. The van der Waals surface area contributed by atoms with Crippen molar-refractivity contribution in [1.82, 2.24) is 4.57 Å². The van der Waals surface area contributed by atoms with E-state index < -0.39 is 0 Å². The number of nitrogens with zero attached hydrogens (tertiary/aromatic N) is 4. The van der Waals surface area contributed by atoms with E-state index in [4.69, 9.17) is 0 Å². The van der Waals surface area contributed by atoms with Crippen LogP contribution in [-0.2, 0) is 12.8 Å². The molecule has 1 aliphatic rings. The van der Waals surface area contributed by atoms with Crippen LogP contribution in [0.3, 0.4) is 0 Å². The van der Waals surface area contributed by atoms with Crippen LogP contribution in [-0.4, -0.2) is 15.7 Å². The van der Waals surface area contributed by atoms with Crippen LogP contribution >= 0.6 is 11.3 Å². The smallest absolute Gasteiger partial charge is 0.271 e. The summed E-state index contributed by atoms with van der Waals surface area (Å²) in [4.78, 5) is 16.7. The van der Waals surface area contributed by atoms with E-state index >= 15 is 0 Å². The molecular formula is C22H20N4O2S. The van der Waals surface area contributed by atoms with Gasteiger partial charge in [-0.3, -0.25) is 10.1 Å². The summed E-state index contributed by atoms with van der Waals surface area (Å²) in [5.74, 6) is 0. The maximum Gasteiger partial charge on any atom is 0.271 e. The molecule has 2 aromatic heterocycles. The summed E-state index contributed by atoms with van der Waals surface area (Å²) in [5.41, 5.74) is 5.56. The second kappa shape index (κ2) is 7.64. The average Bonchev–Trinajstić information content (AvgIpc) is 3.22. The molecule has 1 aromatic carbocycles. The van der Waals surface area contributed by atoms with Crippen LogP contribution in [0.2, 0.25) is 0 Å². The Kier molecular flexibility index (Phi) is 5.03. The second-order valence-corrected chi connectivity index (χ2v) is 8.28. The van der Waals surface area contributed by atoms with Gasteiger partial charge in [0.25, 0.3) is 5.69 Å². The summed E-state index contributed by atoms with van der Waals surface area (Å²) >= 11 is 1.62. The van der Waals surface area contributed by atoms with Gasteiger partial charge in [0, 0.05) is 40.2 Å². The number of nitro benzene ring substituents is 1. The molecule has 2 heterocycles. The number of non-ortho nitro benzene ring substituents is 1. The average molecular weight is 404 g/mol. The lowest BCUT2D eigenvalue weighted by Gasteiger charge is -2.09. The van der Waals surface area contributed by atoms with Gasteiger partial charge >= 0.3 is 0 Å². The number of fused-ring (bicyclic) bond motifs is 1. The Balaban J connectivity index is 1.71. The third kappa shape index (κ3) is 3.47. The van der Waals surface area contributed by atoms with Gasteiger partial charge in [0.05, 0.1) is 16.2 Å². The third-order valence-corrected chi connectivity index (χ3v) is 6.55. The van der Waals surface area contributed by atoms with Gasteiger partial charge in [0.15, 0.2) is 0 Å². The molecule has 7 heteroatoms. The fourth-order valence-electron chi connectivity index (χ4n) is 3.95. The van der Waals surface area contributed by atoms with Crippen LogP contribution in [0.4, 0.5) is 10.7 Å². The second-order valence-electron chi connectivity index (χ2n) is 7.20. The molecule has 0 saturated carbocycles. The number of benzene rings is 1. The first-order valence-electron chi connectivity index (χ1n) is 9.52. The van der Waals surface area contributed by atoms with Crippen LogP contribution in [0.25, 0.3) is 5.69 Å². The lowest BCUT2D eigenvalue weighted by Crippen LogP contribution is -2.00. The summed E-state index contributed by atoms with van der Waals surface area (Å²) in [6, 6.07) is 11.0. The van der Waals surface area contributed by atoms with Gasteiger partial charge in [-0.15, -0.1) is 11.3 Å². The van der Waals surface area contributed by atoms with Gasteiger partial charge in [-0.1, -0.05) is 6.07 Å². The van der Waals surface area contributed by atoms with Crippen LogP contribution in [0.15, 0.2) is 35.3 Å². The van der Waals surface area contributed by atoms with Crippen LogP contribution in [0.1, 0.15) is 45.8 Å². The third-order valence-electron chi connectivity index (χ3n) is 5.35. The maximum atomic E-state index is 11.1. The fourth-order valence-corrected chi connectivity index (χ4v) is 5.13. The zero-order valence-corrected chi connectivity index (χ0v) is 17.1. The normalized spacial score (nSPS) is 13.4. The quantitative estimate of drug-likeness (QED) is 0.324. The Labute approximate surface area is 172 Å². The number of thiophene rings is 1. The zero-order valence-electron chi connectivity index (χ0n) is 16.3. The highest BCUT2D eigenvalue weighted by Crippen LogP contribution is 2.39.